The molecule has 1 aliphatic heterocycles. The third-order valence-electron chi connectivity index (χ3n) is 4.91. The summed E-state index contributed by atoms with van der Waals surface area (Å²) in [6, 6.07) is 9.31. The Morgan fingerprint density at radius 1 is 1.13 bits per heavy atom. The molecule has 1 aromatic carbocycles. The Morgan fingerprint density at radius 2 is 1.87 bits per heavy atom. The molecule has 0 spiro atoms. The molecule has 11 heteroatoms. The fourth-order valence-electron chi connectivity index (χ4n) is 3.37. The van der Waals surface area contributed by atoms with Crippen molar-refractivity contribution in [3.8, 4) is 11.4 Å². The van der Waals surface area contributed by atoms with Crippen molar-refractivity contribution in [3.63, 3.8) is 0 Å². The fraction of sp³-hybridized carbons (Fsp3) is 0.400. The van der Waals surface area contributed by atoms with Crippen LogP contribution in [-0.4, -0.2) is 64.3 Å². The molecule has 1 fully saturated rings. The van der Waals surface area contributed by atoms with Crippen molar-refractivity contribution >= 4 is 41.5 Å². The predicted octanol–water partition coefficient (Wildman–Crippen LogP) is 3.20. The van der Waals surface area contributed by atoms with Gasteiger partial charge in [0.2, 0.25) is 11.7 Å². The Balaban J connectivity index is 0.00000272. The van der Waals surface area contributed by atoms with Gasteiger partial charge in [-0.05, 0) is 31.2 Å². The molecule has 3 aromatic rings. The maximum absolute atomic E-state index is 5.93. The van der Waals surface area contributed by atoms with Gasteiger partial charge in [0.05, 0.1) is 12.2 Å². The van der Waals surface area contributed by atoms with Gasteiger partial charge in [-0.2, -0.15) is 4.98 Å². The number of benzene rings is 1. The van der Waals surface area contributed by atoms with Gasteiger partial charge in [0.15, 0.2) is 5.96 Å². The van der Waals surface area contributed by atoms with Gasteiger partial charge in [-0.3, -0.25) is 9.89 Å². The van der Waals surface area contributed by atoms with Crippen molar-refractivity contribution < 1.29 is 9.05 Å². The first kappa shape index (κ1) is 23.5. The highest BCUT2D eigenvalue weighted by Gasteiger charge is 2.21. The zero-order valence-corrected chi connectivity index (χ0v) is 20.5. The van der Waals surface area contributed by atoms with E-state index in [9.17, 15) is 0 Å². The molecule has 1 N–H and O–H groups in total. The van der Waals surface area contributed by atoms with Crippen molar-refractivity contribution in [2.24, 2.45) is 4.99 Å². The Morgan fingerprint density at radius 3 is 2.52 bits per heavy atom. The summed E-state index contributed by atoms with van der Waals surface area (Å²) in [4.78, 5) is 13.4. The molecule has 3 heterocycles. The molecule has 0 saturated carbocycles. The average Bonchev–Trinajstić information content (AvgIpc) is 3.39. The molecule has 166 valence electrons. The molecular weight excluding hydrogens is 533 g/mol. The predicted molar refractivity (Wildman–Crippen MR) is 128 cm³/mol. The van der Waals surface area contributed by atoms with E-state index >= 15 is 0 Å². The van der Waals surface area contributed by atoms with E-state index in [4.69, 9.17) is 20.6 Å². The first-order valence-corrected chi connectivity index (χ1v) is 10.2. The van der Waals surface area contributed by atoms with E-state index in [2.05, 4.69) is 35.4 Å². The van der Waals surface area contributed by atoms with Crippen LogP contribution in [0.2, 0.25) is 5.02 Å². The Kier molecular flexibility index (Phi) is 8.27. The lowest BCUT2D eigenvalue weighted by Crippen LogP contribution is -2.52. The van der Waals surface area contributed by atoms with Crippen molar-refractivity contribution in [3.05, 3.63) is 52.7 Å². The van der Waals surface area contributed by atoms with E-state index in [-0.39, 0.29) is 24.0 Å². The van der Waals surface area contributed by atoms with Gasteiger partial charge in [0.1, 0.15) is 5.76 Å². The van der Waals surface area contributed by atoms with Gasteiger partial charge < -0.3 is 19.3 Å². The summed E-state index contributed by atoms with van der Waals surface area (Å²) in [5, 5.41) is 12.1. The highest BCUT2D eigenvalue weighted by molar-refractivity contribution is 14.0. The molecule has 0 atom stereocenters. The van der Waals surface area contributed by atoms with Crippen LogP contribution in [0, 0.1) is 6.92 Å². The van der Waals surface area contributed by atoms with Crippen LogP contribution >= 0.6 is 35.6 Å². The SMILES string of the molecule is CN=C(NCc1nc(-c2ccc(Cl)cc2)no1)N1CCN(Cc2cc(C)on2)CC1.I. The number of guanidine groups is 1. The topological polar surface area (TPSA) is 95.8 Å². The Bertz CT molecular complexity index is 997. The lowest BCUT2D eigenvalue weighted by molar-refractivity contribution is 0.168. The third kappa shape index (κ3) is 6.17. The number of aliphatic imine (C=N–C) groups is 1. The first-order valence-electron chi connectivity index (χ1n) is 9.79. The minimum absolute atomic E-state index is 0. The van der Waals surface area contributed by atoms with Gasteiger partial charge in [0, 0.05) is 56.4 Å². The Hall–Kier alpha value is -2.18. The van der Waals surface area contributed by atoms with Crippen LogP contribution in [0.5, 0.6) is 0 Å². The zero-order valence-electron chi connectivity index (χ0n) is 17.4. The second-order valence-corrected chi connectivity index (χ2v) is 7.55. The highest BCUT2D eigenvalue weighted by Crippen LogP contribution is 2.18. The molecule has 2 aromatic heterocycles. The number of aryl methyl sites for hydroxylation is 1. The van der Waals surface area contributed by atoms with Gasteiger partial charge in [-0.25, -0.2) is 0 Å². The maximum atomic E-state index is 5.93. The van der Waals surface area contributed by atoms with Crippen LogP contribution in [0.25, 0.3) is 11.4 Å². The largest absolute Gasteiger partial charge is 0.361 e. The smallest absolute Gasteiger partial charge is 0.246 e. The molecule has 1 saturated heterocycles. The van der Waals surface area contributed by atoms with E-state index in [1.165, 1.54) is 0 Å². The number of aromatic nitrogens is 3. The van der Waals surface area contributed by atoms with Crippen LogP contribution in [0.15, 0.2) is 44.4 Å². The highest BCUT2D eigenvalue weighted by atomic mass is 127. The summed E-state index contributed by atoms with van der Waals surface area (Å²) in [6.45, 7) is 6.71. The molecule has 0 bridgehead atoms. The number of hydrogen-bond donors (Lipinski definition) is 1. The molecule has 0 radical (unpaired) electrons. The second-order valence-electron chi connectivity index (χ2n) is 7.11. The van der Waals surface area contributed by atoms with Gasteiger partial charge >= 0.3 is 0 Å². The molecule has 9 nitrogen and oxygen atoms in total. The molecular formula is C20H25ClIN7O2. The van der Waals surface area contributed by atoms with E-state index in [1.807, 2.05) is 25.1 Å². The van der Waals surface area contributed by atoms with Gasteiger partial charge in [0.25, 0.3) is 0 Å². The number of nitrogens with one attached hydrogen (secondary N) is 1. The second kappa shape index (κ2) is 10.9. The quantitative estimate of drug-likeness (QED) is 0.290. The van der Waals surface area contributed by atoms with Crippen molar-refractivity contribution in [2.45, 2.75) is 20.0 Å². The number of rotatable bonds is 5. The summed E-state index contributed by atoms with van der Waals surface area (Å²) >= 11 is 5.93. The standard InChI is InChI=1S/C20H24ClN7O2.HI/c1-14-11-17(25-29-14)13-27-7-9-28(10-8-27)20(22-2)23-12-18-24-19(26-30-18)15-3-5-16(21)6-4-15;/h3-6,11H,7-10,12-13H2,1-2H3,(H,22,23);1H. The molecule has 1 aliphatic rings. The normalized spacial score (nSPS) is 15.1. The van der Waals surface area contributed by atoms with E-state index < -0.39 is 0 Å². The lowest BCUT2D eigenvalue weighted by Gasteiger charge is -2.36. The summed E-state index contributed by atoms with van der Waals surface area (Å²) < 4.78 is 10.5. The summed E-state index contributed by atoms with van der Waals surface area (Å²) in [5.74, 6) is 2.70. The fourth-order valence-corrected chi connectivity index (χ4v) is 3.50. The minimum atomic E-state index is 0. The summed E-state index contributed by atoms with van der Waals surface area (Å²) in [6.07, 6.45) is 0. The van der Waals surface area contributed by atoms with E-state index in [1.54, 1.807) is 19.2 Å². The first-order chi connectivity index (χ1) is 14.6. The van der Waals surface area contributed by atoms with Gasteiger partial charge in [-0.15, -0.1) is 24.0 Å². The zero-order chi connectivity index (χ0) is 20.9. The van der Waals surface area contributed by atoms with Gasteiger partial charge in [-0.1, -0.05) is 21.9 Å². The molecule has 0 unspecified atom stereocenters. The van der Waals surface area contributed by atoms with E-state index in [0.717, 1.165) is 55.7 Å². The monoisotopic (exact) mass is 557 g/mol. The van der Waals surface area contributed by atoms with Crippen LogP contribution in [0.1, 0.15) is 17.3 Å². The van der Waals surface area contributed by atoms with Crippen LogP contribution in [-0.2, 0) is 13.1 Å². The number of hydrogen-bond acceptors (Lipinski definition) is 7. The molecule has 0 aliphatic carbocycles. The van der Waals surface area contributed by atoms with E-state index in [0.29, 0.717) is 23.3 Å². The lowest BCUT2D eigenvalue weighted by atomic mass is 10.2. The number of piperazine rings is 1. The average molecular weight is 558 g/mol. The summed E-state index contributed by atoms with van der Waals surface area (Å²) in [5.41, 5.74) is 1.83. The van der Waals surface area contributed by atoms with Crippen molar-refractivity contribution in [2.75, 3.05) is 33.2 Å². The number of halogens is 2. The van der Waals surface area contributed by atoms with Crippen molar-refractivity contribution in [1.82, 2.24) is 30.4 Å². The molecule has 31 heavy (non-hydrogen) atoms. The van der Waals surface area contributed by atoms with Crippen LogP contribution < -0.4 is 5.32 Å². The van der Waals surface area contributed by atoms with Crippen LogP contribution in [0.4, 0.5) is 0 Å². The minimum Gasteiger partial charge on any atom is -0.361 e. The number of nitrogens with zero attached hydrogens (tertiary/aromatic N) is 6. The summed E-state index contributed by atoms with van der Waals surface area (Å²) in [7, 11) is 1.78. The maximum Gasteiger partial charge on any atom is 0.246 e. The molecule has 4 rings (SSSR count). The Labute approximate surface area is 202 Å². The third-order valence-corrected chi connectivity index (χ3v) is 5.17. The van der Waals surface area contributed by atoms with Crippen molar-refractivity contribution in [1.29, 1.82) is 0 Å². The molecule has 0 amide bonds. The van der Waals surface area contributed by atoms with Crippen LogP contribution in [0.3, 0.4) is 0 Å².